The second-order valence-corrected chi connectivity index (χ2v) is 5.52. The monoisotopic (exact) mass is 372 g/mol. The fraction of sp³-hybridized carbons (Fsp3) is 0.250. The first-order valence-corrected chi connectivity index (χ1v) is 8.09. The zero-order valence-corrected chi connectivity index (χ0v) is 15.3. The zero-order chi connectivity index (χ0) is 19.8. The van der Waals surface area contributed by atoms with Crippen LogP contribution >= 0.6 is 0 Å². The Morgan fingerprint density at radius 3 is 2.33 bits per heavy atom. The van der Waals surface area contributed by atoms with E-state index in [1.165, 1.54) is 33.3 Å². The van der Waals surface area contributed by atoms with E-state index >= 15 is 0 Å². The summed E-state index contributed by atoms with van der Waals surface area (Å²) in [7, 11) is 2.92. The molecular formula is C20H20O7. The fourth-order valence-electron chi connectivity index (χ4n) is 2.24. The van der Waals surface area contributed by atoms with Gasteiger partial charge in [0, 0.05) is 5.56 Å². The number of methoxy groups -OCH3 is 2. The van der Waals surface area contributed by atoms with E-state index in [0.29, 0.717) is 22.8 Å². The lowest BCUT2D eigenvalue weighted by molar-refractivity contribution is -0.144. The summed E-state index contributed by atoms with van der Waals surface area (Å²) >= 11 is 0. The van der Waals surface area contributed by atoms with Gasteiger partial charge < -0.3 is 18.9 Å². The van der Waals surface area contributed by atoms with E-state index in [0.717, 1.165) is 0 Å². The zero-order valence-electron chi connectivity index (χ0n) is 15.3. The van der Waals surface area contributed by atoms with Gasteiger partial charge in [-0.1, -0.05) is 12.1 Å². The van der Waals surface area contributed by atoms with Crippen molar-refractivity contribution in [2.75, 3.05) is 27.4 Å². The van der Waals surface area contributed by atoms with Crippen molar-refractivity contribution in [3.05, 3.63) is 53.6 Å². The van der Waals surface area contributed by atoms with Gasteiger partial charge in [0.05, 0.1) is 19.8 Å². The summed E-state index contributed by atoms with van der Waals surface area (Å²) in [6.07, 6.45) is 0. The molecule has 0 saturated carbocycles. The molecule has 2 rings (SSSR count). The number of hydrogen-bond donors (Lipinski definition) is 0. The Bertz CT molecular complexity index is 842. The van der Waals surface area contributed by atoms with Crippen molar-refractivity contribution in [1.82, 2.24) is 0 Å². The molecule has 0 aliphatic rings. The van der Waals surface area contributed by atoms with E-state index in [1.807, 2.05) is 0 Å². The molecule has 0 aliphatic heterocycles. The number of hydrogen-bond acceptors (Lipinski definition) is 7. The number of carbonyl (C=O) groups is 3. The second-order valence-electron chi connectivity index (χ2n) is 5.52. The van der Waals surface area contributed by atoms with E-state index in [1.54, 1.807) is 30.3 Å². The predicted molar refractivity (Wildman–Crippen MR) is 96.8 cm³/mol. The van der Waals surface area contributed by atoms with E-state index in [4.69, 9.17) is 18.9 Å². The number of esters is 1. The maximum absolute atomic E-state index is 12.3. The molecule has 2 aromatic carbocycles. The highest BCUT2D eigenvalue weighted by Crippen LogP contribution is 2.24. The molecule has 0 aromatic heterocycles. The molecule has 0 amide bonds. The Kier molecular flexibility index (Phi) is 6.93. The van der Waals surface area contributed by atoms with Crippen LogP contribution in [0.2, 0.25) is 0 Å². The summed E-state index contributed by atoms with van der Waals surface area (Å²) in [5.74, 6) is -0.0503. The second kappa shape index (κ2) is 9.38. The largest absolute Gasteiger partial charge is 0.497 e. The fourth-order valence-corrected chi connectivity index (χ4v) is 2.24. The standard InChI is InChI=1S/C20H20O7/c1-13(21)14-5-4-6-16(9-14)26-12-20(23)27-11-18(22)17-10-15(24-2)7-8-19(17)25-3/h4-10H,11-12H2,1-3H3. The van der Waals surface area contributed by atoms with Gasteiger partial charge in [-0.25, -0.2) is 4.79 Å². The quantitative estimate of drug-likeness (QED) is 0.494. The highest BCUT2D eigenvalue weighted by molar-refractivity contribution is 6.00. The molecule has 0 saturated heterocycles. The number of Topliss-reactive ketones (excluding diaryl/α,β-unsaturated/α-hetero) is 2. The lowest BCUT2D eigenvalue weighted by atomic mass is 10.1. The number of carbonyl (C=O) groups excluding carboxylic acids is 3. The molecule has 0 spiro atoms. The first kappa shape index (κ1) is 20.0. The molecule has 0 fully saturated rings. The molecule has 142 valence electrons. The Balaban J connectivity index is 1.91. The molecule has 0 aliphatic carbocycles. The van der Waals surface area contributed by atoms with Crippen LogP contribution in [0, 0.1) is 0 Å². The number of ketones is 2. The number of ether oxygens (including phenoxy) is 4. The van der Waals surface area contributed by atoms with Crippen molar-refractivity contribution in [1.29, 1.82) is 0 Å². The van der Waals surface area contributed by atoms with Crippen LogP contribution in [0.15, 0.2) is 42.5 Å². The maximum Gasteiger partial charge on any atom is 0.344 e. The molecule has 0 radical (unpaired) electrons. The number of benzene rings is 2. The van der Waals surface area contributed by atoms with E-state index in [9.17, 15) is 14.4 Å². The highest BCUT2D eigenvalue weighted by Gasteiger charge is 2.16. The minimum Gasteiger partial charge on any atom is -0.497 e. The summed E-state index contributed by atoms with van der Waals surface area (Å²) in [5.41, 5.74) is 0.723. The Morgan fingerprint density at radius 2 is 1.67 bits per heavy atom. The minimum atomic E-state index is -0.710. The van der Waals surface area contributed by atoms with Gasteiger partial charge in [0.15, 0.2) is 19.0 Å². The molecule has 0 bridgehead atoms. The molecule has 27 heavy (non-hydrogen) atoms. The van der Waals surface area contributed by atoms with Crippen LogP contribution in [0.3, 0.4) is 0 Å². The van der Waals surface area contributed by atoms with Crippen molar-refractivity contribution in [2.45, 2.75) is 6.92 Å². The molecule has 0 N–H and O–H groups in total. The summed E-state index contributed by atoms with van der Waals surface area (Å²) < 4.78 is 20.5. The van der Waals surface area contributed by atoms with Crippen LogP contribution in [0.4, 0.5) is 0 Å². The average Bonchev–Trinajstić information content (AvgIpc) is 2.70. The molecule has 7 heteroatoms. The maximum atomic E-state index is 12.3. The molecule has 2 aromatic rings. The molecule has 0 atom stereocenters. The predicted octanol–water partition coefficient (Wildman–Crippen LogP) is 2.71. The van der Waals surface area contributed by atoms with Gasteiger partial charge in [0.25, 0.3) is 0 Å². The summed E-state index contributed by atoms with van der Waals surface area (Å²) in [6, 6.07) is 11.2. The Hall–Kier alpha value is -3.35. The SMILES string of the molecule is COc1ccc(OC)c(C(=O)COC(=O)COc2cccc(C(C)=O)c2)c1. The van der Waals surface area contributed by atoms with Crippen molar-refractivity contribution in [2.24, 2.45) is 0 Å². The van der Waals surface area contributed by atoms with Crippen molar-refractivity contribution < 1.29 is 33.3 Å². The number of rotatable bonds is 9. The van der Waals surface area contributed by atoms with E-state index in [-0.39, 0.29) is 18.0 Å². The highest BCUT2D eigenvalue weighted by atomic mass is 16.6. The average molecular weight is 372 g/mol. The third-order valence-electron chi connectivity index (χ3n) is 3.67. The van der Waals surface area contributed by atoms with Crippen LogP contribution in [-0.4, -0.2) is 45.0 Å². The van der Waals surface area contributed by atoms with Gasteiger partial charge in [0.1, 0.15) is 17.2 Å². The third-order valence-corrected chi connectivity index (χ3v) is 3.67. The van der Waals surface area contributed by atoms with Gasteiger partial charge in [-0.15, -0.1) is 0 Å². The van der Waals surface area contributed by atoms with E-state index in [2.05, 4.69) is 0 Å². The Morgan fingerprint density at radius 1 is 0.889 bits per heavy atom. The van der Waals surface area contributed by atoms with Crippen LogP contribution in [0.1, 0.15) is 27.6 Å². The van der Waals surface area contributed by atoms with Gasteiger partial charge in [-0.2, -0.15) is 0 Å². The smallest absolute Gasteiger partial charge is 0.344 e. The van der Waals surface area contributed by atoms with Gasteiger partial charge >= 0.3 is 5.97 Å². The van der Waals surface area contributed by atoms with Gasteiger partial charge in [-0.3, -0.25) is 9.59 Å². The topological polar surface area (TPSA) is 88.1 Å². The lowest BCUT2D eigenvalue weighted by Gasteiger charge is -2.10. The van der Waals surface area contributed by atoms with Crippen LogP contribution < -0.4 is 14.2 Å². The van der Waals surface area contributed by atoms with Crippen LogP contribution in [0.25, 0.3) is 0 Å². The van der Waals surface area contributed by atoms with Gasteiger partial charge in [0.2, 0.25) is 5.78 Å². The summed E-state index contributed by atoms with van der Waals surface area (Å²) in [4.78, 5) is 35.5. The first-order chi connectivity index (χ1) is 12.9. The van der Waals surface area contributed by atoms with Crippen molar-refractivity contribution >= 4 is 17.5 Å². The third kappa shape index (κ3) is 5.57. The normalized spacial score (nSPS) is 10.0. The van der Waals surface area contributed by atoms with Crippen molar-refractivity contribution in [3.63, 3.8) is 0 Å². The first-order valence-electron chi connectivity index (χ1n) is 8.09. The minimum absolute atomic E-state index is 0.110. The van der Waals surface area contributed by atoms with Crippen LogP contribution in [-0.2, 0) is 9.53 Å². The molecule has 7 nitrogen and oxygen atoms in total. The van der Waals surface area contributed by atoms with Gasteiger partial charge in [-0.05, 0) is 37.3 Å². The van der Waals surface area contributed by atoms with Crippen LogP contribution in [0.5, 0.6) is 17.2 Å². The molecular weight excluding hydrogens is 352 g/mol. The Labute approximate surface area is 156 Å². The van der Waals surface area contributed by atoms with E-state index < -0.39 is 18.4 Å². The molecule has 0 unspecified atom stereocenters. The summed E-state index contributed by atoms with van der Waals surface area (Å²) in [5, 5.41) is 0. The van der Waals surface area contributed by atoms with Crippen molar-refractivity contribution in [3.8, 4) is 17.2 Å². The molecule has 0 heterocycles. The lowest BCUT2D eigenvalue weighted by Crippen LogP contribution is -2.20. The summed E-state index contributed by atoms with van der Waals surface area (Å²) in [6.45, 7) is 0.592.